The van der Waals surface area contributed by atoms with Crippen molar-refractivity contribution in [3.8, 4) is 5.75 Å². The van der Waals surface area contributed by atoms with Gasteiger partial charge in [0.05, 0.1) is 24.5 Å². The third-order valence-electron chi connectivity index (χ3n) is 4.69. The Balaban J connectivity index is 1.39. The van der Waals surface area contributed by atoms with Crippen LogP contribution in [0, 0.1) is 0 Å². The summed E-state index contributed by atoms with van der Waals surface area (Å²) in [6, 6.07) is 19.9. The van der Waals surface area contributed by atoms with Gasteiger partial charge in [-0.25, -0.2) is 4.79 Å². The highest BCUT2D eigenvalue weighted by Crippen LogP contribution is 2.30. The summed E-state index contributed by atoms with van der Waals surface area (Å²) < 4.78 is 18.9. The molecule has 2 heterocycles. The zero-order valence-electron chi connectivity index (χ0n) is 15.8. The van der Waals surface area contributed by atoms with E-state index in [0.29, 0.717) is 30.0 Å². The van der Waals surface area contributed by atoms with Crippen LogP contribution in [0.15, 0.2) is 77.7 Å². The van der Waals surface area contributed by atoms with Crippen LogP contribution >= 0.6 is 0 Å². The number of fused-ring (bicyclic) bond motifs is 1. The van der Waals surface area contributed by atoms with Gasteiger partial charge in [-0.05, 0) is 18.6 Å². The average Bonchev–Trinajstić information content (AvgIpc) is 2.79. The lowest BCUT2D eigenvalue weighted by Gasteiger charge is -2.28. The molecule has 0 spiro atoms. The number of aromatic nitrogens is 1. The zero-order valence-corrected chi connectivity index (χ0v) is 15.8. The molecule has 0 bridgehead atoms. The van der Waals surface area contributed by atoms with E-state index in [1.165, 1.54) is 6.07 Å². The summed E-state index contributed by atoms with van der Waals surface area (Å²) in [5.41, 5.74) is 1.91. The first-order valence-electron chi connectivity index (χ1n) is 9.50. The van der Waals surface area contributed by atoms with Crippen molar-refractivity contribution in [2.24, 2.45) is 0 Å². The Morgan fingerprint density at radius 1 is 1.03 bits per heavy atom. The Morgan fingerprint density at radius 2 is 1.76 bits per heavy atom. The summed E-state index contributed by atoms with van der Waals surface area (Å²) in [6.45, 7) is 1.13. The third-order valence-corrected chi connectivity index (χ3v) is 4.69. The van der Waals surface area contributed by atoms with E-state index in [2.05, 4.69) is 0 Å². The van der Waals surface area contributed by atoms with Crippen LogP contribution < -0.4 is 10.2 Å². The summed E-state index contributed by atoms with van der Waals surface area (Å²) in [4.78, 5) is 24.3. The van der Waals surface area contributed by atoms with Crippen LogP contribution in [0.2, 0.25) is 0 Å². The minimum Gasteiger partial charge on any atom is -0.462 e. The molecular weight excluding hydrogens is 370 g/mol. The quantitative estimate of drug-likeness (QED) is 0.473. The first-order valence-corrected chi connectivity index (χ1v) is 9.50. The van der Waals surface area contributed by atoms with Gasteiger partial charge in [-0.3, -0.25) is 4.79 Å². The number of hydrogen-bond donors (Lipinski definition) is 0. The van der Waals surface area contributed by atoms with E-state index in [4.69, 9.17) is 14.2 Å². The summed E-state index contributed by atoms with van der Waals surface area (Å²) >= 11 is 0. The van der Waals surface area contributed by atoms with E-state index >= 15 is 0 Å². The molecule has 6 nitrogen and oxygen atoms in total. The molecule has 0 saturated carbocycles. The molecule has 1 aliphatic rings. The molecule has 0 saturated heterocycles. The lowest BCUT2D eigenvalue weighted by atomic mass is 10.2. The maximum atomic E-state index is 12.3. The van der Waals surface area contributed by atoms with Crippen molar-refractivity contribution >= 4 is 5.97 Å². The van der Waals surface area contributed by atoms with Crippen LogP contribution in [0.25, 0.3) is 0 Å². The van der Waals surface area contributed by atoms with Crippen molar-refractivity contribution in [1.82, 2.24) is 4.57 Å². The molecule has 1 atom stereocenters. The fourth-order valence-electron chi connectivity index (χ4n) is 3.21. The van der Waals surface area contributed by atoms with E-state index in [9.17, 15) is 9.59 Å². The minimum absolute atomic E-state index is 0.170. The van der Waals surface area contributed by atoms with E-state index in [1.807, 2.05) is 41.0 Å². The fourth-order valence-corrected chi connectivity index (χ4v) is 3.21. The number of rotatable bonds is 6. The summed E-state index contributed by atoms with van der Waals surface area (Å²) in [6.07, 6.45) is 1.73. The van der Waals surface area contributed by atoms with Crippen molar-refractivity contribution in [2.75, 3.05) is 6.61 Å². The second-order valence-electron chi connectivity index (χ2n) is 6.68. The Morgan fingerprint density at radius 3 is 2.52 bits per heavy atom. The number of ether oxygens (including phenoxy) is 3. The van der Waals surface area contributed by atoms with Gasteiger partial charge in [-0.15, -0.1) is 0 Å². The molecule has 2 aromatic carbocycles. The van der Waals surface area contributed by atoms with Crippen molar-refractivity contribution in [3.63, 3.8) is 0 Å². The summed E-state index contributed by atoms with van der Waals surface area (Å²) in [5.74, 6) is -0.0289. The van der Waals surface area contributed by atoms with Gasteiger partial charge in [0.15, 0.2) is 5.75 Å². The Hall–Kier alpha value is -3.38. The molecule has 0 fully saturated rings. The Bertz CT molecular complexity index is 1030. The zero-order chi connectivity index (χ0) is 20.1. The minimum atomic E-state index is -0.598. The highest BCUT2D eigenvalue weighted by Gasteiger charge is 2.25. The molecule has 1 aromatic heterocycles. The molecule has 0 amide bonds. The second kappa shape index (κ2) is 8.75. The highest BCUT2D eigenvalue weighted by atomic mass is 16.7. The van der Waals surface area contributed by atoms with Crippen LogP contribution in [-0.2, 0) is 22.6 Å². The maximum Gasteiger partial charge on any atom is 0.338 e. The van der Waals surface area contributed by atoms with Crippen LogP contribution in [0.4, 0.5) is 0 Å². The predicted octanol–water partition coefficient (Wildman–Crippen LogP) is 3.70. The van der Waals surface area contributed by atoms with E-state index in [1.54, 1.807) is 30.5 Å². The van der Waals surface area contributed by atoms with E-state index in [-0.39, 0.29) is 24.6 Å². The summed E-state index contributed by atoms with van der Waals surface area (Å²) in [5, 5.41) is 0. The van der Waals surface area contributed by atoms with Gasteiger partial charge in [0.2, 0.25) is 11.7 Å². The number of benzene rings is 2. The first kappa shape index (κ1) is 19.0. The summed E-state index contributed by atoms with van der Waals surface area (Å²) in [7, 11) is 0. The number of hydrogen-bond acceptors (Lipinski definition) is 5. The van der Waals surface area contributed by atoms with Crippen LogP contribution in [0.3, 0.4) is 0 Å². The fraction of sp³-hybridized carbons (Fsp3) is 0.217. The van der Waals surface area contributed by atoms with Crippen molar-refractivity contribution in [1.29, 1.82) is 0 Å². The Labute approximate surface area is 168 Å². The number of aryl methyl sites for hydroxylation is 1. The van der Waals surface area contributed by atoms with Gasteiger partial charge < -0.3 is 18.8 Å². The topological polar surface area (TPSA) is 66.8 Å². The molecule has 3 aromatic rings. The molecule has 29 heavy (non-hydrogen) atoms. The number of nitrogens with zero attached hydrogens (tertiary/aromatic N) is 1. The van der Waals surface area contributed by atoms with Gasteiger partial charge in [0, 0.05) is 24.4 Å². The third kappa shape index (κ3) is 4.38. The number of pyridine rings is 1. The second-order valence-corrected chi connectivity index (χ2v) is 6.68. The van der Waals surface area contributed by atoms with E-state index in [0.717, 1.165) is 5.56 Å². The largest absolute Gasteiger partial charge is 0.462 e. The van der Waals surface area contributed by atoms with E-state index < -0.39 is 6.29 Å². The Kier molecular flexibility index (Phi) is 5.72. The van der Waals surface area contributed by atoms with Gasteiger partial charge in [0.25, 0.3) is 0 Å². The number of esters is 1. The van der Waals surface area contributed by atoms with Gasteiger partial charge in [-0.1, -0.05) is 48.5 Å². The van der Waals surface area contributed by atoms with Gasteiger partial charge >= 0.3 is 5.97 Å². The smallest absolute Gasteiger partial charge is 0.338 e. The molecular formula is C23H21NO5. The highest BCUT2D eigenvalue weighted by molar-refractivity contribution is 5.89. The van der Waals surface area contributed by atoms with Crippen molar-refractivity contribution in [2.45, 2.75) is 25.9 Å². The molecule has 4 rings (SSSR count). The normalized spacial score (nSPS) is 15.2. The molecule has 148 valence electrons. The van der Waals surface area contributed by atoms with Crippen LogP contribution in [0.5, 0.6) is 5.75 Å². The lowest BCUT2D eigenvalue weighted by Crippen LogP contribution is -2.26. The molecule has 0 aliphatic carbocycles. The van der Waals surface area contributed by atoms with Gasteiger partial charge in [-0.2, -0.15) is 0 Å². The van der Waals surface area contributed by atoms with Gasteiger partial charge in [0.1, 0.15) is 0 Å². The lowest BCUT2D eigenvalue weighted by molar-refractivity contribution is -0.115. The van der Waals surface area contributed by atoms with Crippen LogP contribution in [-0.4, -0.2) is 17.1 Å². The molecule has 1 unspecified atom stereocenters. The standard InChI is InChI=1S/C23H21NO5/c25-20-12-14-24(13-7-15-27-22(26)17-8-3-1-4-9-17)19-16-28-23(29-21(19)20)18-10-5-2-6-11-18/h1-6,8-12,14,23H,7,13,15-16H2. The van der Waals surface area contributed by atoms with Crippen molar-refractivity contribution < 1.29 is 19.0 Å². The van der Waals surface area contributed by atoms with Crippen LogP contribution in [0.1, 0.15) is 34.3 Å². The molecule has 0 radical (unpaired) electrons. The molecule has 6 heteroatoms. The predicted molar refractivity (Wildman–Crippen MR) is 107 cm³/mol. The SMILES string of the molecule is O=C(OCCCn1ccc(=O)c2c1COC(c1ccccc1)O2)c1ccccc1. The number of carbonyl (C=O) groups is 1. The average molecular weight is 391 g/mol. The first-order chi connectivity index (χ1) is 14.2. The number of carbonyl (C=O) groups excluding carboxylic acids is 1. The monoisotopic (exact) mass is 391 g/mol. The maximum absolute atomic E-state index is 12.3. The molecule has 1 aliphatic heterocycles. The van der Waals surface area contributed by atoms with Crippen molar-refractivity contribution in [3.05, 3.63) is 100.0 Å². The molecule has 0 N–H and O–H groups in total.